The molecular weight excluding hydrogens is 440 g/mol. The van der Waals surface area contributed by atoms with Gasteiger partial charge in [-0.15, -0.1) is 0 Å². The SMILES string of the molecule is CCCCN1C(=O)CCC(C(=O)NCc2cccc(Cn3ccnc3)c2)C1c1ccccc1OC. The second-order valence-corrected chi connectivity index (χ2v) is 9.05. The number of carbonyl (C=O) groups excluding carboxylic acids is 2. The topological polar surface area (TPSA) is 76.5 Å². The van der Waals surface area contributed by atoms with Crippen molar-refractivity contribution in [2.45, 2.75) is 51.7 Å². The Morgan fingerprint density at radius 1 is 1.17 bits per heavy atom. The number of carbonyl (C=O) groups is 2. The van der Waals surface area contributed by atoms with Crippen molar-refractivity contribution >= 4 is 11.8 Å². The number of piperidine rings is 1. The Labute approximate surface area is 207 Å². The zero-order valence-electron chi connectivity index (χ0n) is 20.5. The van der Waals surface area contributed by atoms with E-state index in [2.05, 4.69) is 29.4 Å². The standard InChI is InChI=1S/C28H34N4O3/c1-3-4-15-32-26(33)13-12-24(27(32)23-10-5-6-11-25(23)35-2)28(34)30-18-21-8-7-9-22(17-21)19-31-16-14-29-20-31/h5-11,14,16-17,20,24,27H,3-4,12-13,15,18-19H2,1-2H3,(H,30,34). The summed E-state index contributed by atoms with van der Waals surface area (Å²) < 4.78 is 7.64. The van der Waals surface area contributed by atoms with Gasteiger partial charge in [0.25, 0.3) is 0 Å². The number of methoxy groups -OCH3 is 1. The quantitative estimate of drug-likeness (QED) is 0.474. The second kappa shape index (κ2) is 11.7. The third-order valence-corrected chi connectivity index (χ3v) is 6.64. The molecule has 1 N–H and O–H groups in total. The third-order valence-electron chi connectivity index (χ3n) is 6.64. The normalized spacial score (nSPS) is 17.9. The molecule has 2 aromatic carbocycles. The molecule has 7 heteroatoms. The number of likely N-dealkylation sites (tertiary alicyclic amines) is 1. The van der Waals surface area contributed by atoms with Crippen molar-refractivity contribution in [3.05, 3.63) is 83.9 Å². The Bertz CT molecular complexity index is 1130. The Hall–Kier alpha value is -3.61. The molecule has 0 spiro atoms. The summed E-state index contributed by atoms with van der Waals surface area (Å²) in [6.45, 7) is 3.92. The average Bonchev–Trinajstić information content (AvgIpc) is 3.39. The lowest BCUT2D eigenvalue weighted by Crippen LogP contribution is -2.48. The summed E-state index contributed by atoms with van der Waals surface area (Å²) >= 11 is 0. The molecule has 0 saturated carbocycles. The molecule has 0 radical (unpaired) electrons. The van der Waals surface area contributed by atoms with Gasteiger partial charge in [-0.3, -0.25) is 9.59 Å². The number of unbranched alkanes of at least 4 members (excludes halogenated alkanes) is 1. The van der Waals surface area contributed by atoms with Crippen molar-refractivity contribution in [3.8, 4) is 5.75 Å². The van der Waals surface area contributed by atoms with E-state index in [1.54, 1.807) is 19.6 Å². The fourth-order valence-electron chi connectivity index (χ4n) is 4.86. The first-order chi connectivity index (χ1) is 17.1. The summed E-state index contributed by atoms with van der Waals surface area (Å²) in [5, 5.41) is 3.15. The van der Waals surface area contributed by atoms with Crippen molar-refractivity contribution in [3.63, 3.8) is 0 Å². The van der Waals surface area contributed by atoms with Gasteiger partial charge in [0.2, 0.25) is 11.8 Å². The number of ether oxygens (including phenoxy) is 1. The van der Waals surface area contributed by atoms with Gasteiger partial charge >= 0.3 is 0 Å². The molecule has 0 aliphatic carbocycles. The highest BCUT2D eigenvalue weighted by Gasteiger charge is 2.41. The first-order valence-corrected chi connectivity index (χ1v) is 12.3. The van der Waals surface area contributed by atoms with Crippen LogP contribution in [0.5, 0.6) is 5.75 Å². The molecule has 1 saturated heterocycles. The monoisotopic (exact) mass is 474 g/mol. The van der Waals surface area contributed by atoms with Crippen LogP contribution in [0.15, 0.2) is 67.3 Å². The smallest absolute Gasteiger partial charge is 0.225 e. The summed E-state index contributed by atoms with van der Waals surface area (Å²) in [7, 11) is 1.63. The molecule has 1 fully saturated rings. The molecule has 2 unspecified atom stereocenters. The molecule has 1 aromatic heterocycles. The number of amides is 2. The van der Waals surface area contributed by atoms with Gasteiger partial charge in [0.1, 0.15) is 5.75 Å². The molecule has 0 bridgehead atoms. The average molecular weight is 475 g/mol. The van der Waals surface area contributed by atoms with Crippen LogP contribution in [0.25, 0.3) is 0 Å². The van der Waals surface area contributed by atoms with Crippen LogP contribution >= 0.6 is 0 Å². The number of hydrogen-bond acceptors (Lipinski definition) is 4. The predicted octanol–water partition coefficient (Wildman–Crippen LogP) is 4.34. The van der Waals surface area contributed by atoms with Gasteiger partial charge in [-0.1, -0.05) is 55.8 Å². The highest BCUT2D eigenvalue weighted by atomic mass is 16.5. The number of rotatable bonds is 10. The molecule has 4 rings (SSSR count). The van der Waals surface area contributed by atoms with Crippen LogP contribution in [-0.4, -0.2) is 39.9 Å². The summed E-state index contributed by atoms with van der Waals surface area (Å²) in [4.78, 5) is 32.5. The summed E-state index contributed by atoms with van der Waals surface area (Å²) in [6, 6.07) is 15.6. The van der Waals surface area contributed by atoms with Gasteiger partial charge in [0, 0.05) is 44.0 Å². The molecule has 2 heterocycles. The molecule has 1 aliphatic heterocycles. The number of nitrogens with zero attached hydrogens (tertiary/aromatic N) is 3. The van der Waals surface area contributed by atoms with Crippen LogP contribution in [0.4, 0.5) is 0 Å². The largest absolute Gasteiger partial charge is 0.496 e. The number of benzene rings is 2. The van der Waals surface area contributed by atoms with Crippen molar-refractivity contribution < 1.29 is 14.3 Å². The number of para-hydroxylation sites is 1. The lowest BCUT2D eigenvalue weighted by Gasteiger charge is -2.41. The molecule has 7 nitrogen and oxygen atoms in total. The second-order valence-electron chi connectivity index (χ2n) is 9.05. The fraction of sp³-hybridized carbons (Fsp3) is 0.393. The van der Waals surface area contributed by atoms with E-state index in [0.717, 1.165) is 36.1 Å². The van der Waals surface area contributed by atoms with E-state index in [1.165, 1.54) is 0 Å². The van der Waals surface area contributed by atoms with E-state index >= 15 is 0 Å². The van der Waals surface area contributed by atoms with Crippen molar-refractivity contribution in [1.82, 2.24) is 19.8 Å². The van der Waals surface area contributed by atoms with Gasteiger partial charge in [-0.2, -0.15) is 0 Å². The van der Waals surface area contributed by atoms with Crippen LogP contribution in [0.3, 0.4) is 0 Å². The highest BCUT2D eigenvalue weighted by molar-refractivity contribution is 5.85. The zero-order chi connectivity index (χ0) is 24.6. The van der Waals surface area contributed by atoms with E-state index < -0.39 is 0 Å². The van der Waals surface area contributed by atoms with E-state index in [0.29, 0.717) is 31.7 Å². The van der Waals surface area contributed by atoms with E-state index in [-0.39, 0.29) is 23.8 Å². The van der Waals surface area contributed by atoms with E-state index in [4.69, 9.17) is 4.74 Å². The molecule has 1 aliphatic rings. The molecule has 2 amide bonds. The van der Waals surface area contributed by atoms with Gasteiger partial charge in [0.15, 0.2) is 0 Å². The summed E-state index contributed by atoms with van der Waals surface area (Å²) in [5.41, 5.74) is 3.08. The minimum absolute atomic E-state index is 0.0325. The van der Waals surface area contributed by atoms with E-state index in [9.17, 15) is 9.59 Å². The summed E-state index contributed by atoms with van der Waals surface area (Å²) in [6.07, 6.45) is 8.28. The van der Waals surface area contributed by atoms with Crippen LogP contribution in [0.2, 0.25) is 0 Å². The maximum Gasteiger partial charge on any atom is 0.225 e. The van der Waals surface area contributed by atoms with Crippen LogP contribution < -0.4 is 10.1 Å². The van der Waals surface area contributed by atoms with Crippen molar-refractivity contribution in [1.29, 1.82) is 0 Å². The molecule has 3 aromatic rings. The number of aromatic nitrogens is 2. The highest BCUT2D eigenvalue weighted by Crippen LogP contribution is 2.40. The maximum atomic E-state index is 13.5. The Balaban J connectivity index is 1.52. The predicted molar refractivity (Wildman–Crippen MR) is 135 cm³/mol. The number of nitrogens with one attached hydrogen (secondary N) is 1. The minimum Gasteiger partial charge on any atom is -0.496 e. The van der Waals surface area contributed by atoms with Crippen molar-refractivity contribution in [2.75, 3.05) is 13.7 Å². The molecule has 2 atom stereocenters. The Kier molecular flexibility index (Phi) is 8.19. The minimum atomic E-state index is -0.341. The van der Waals surface area contributed by atoms with Gasteiger partial charge in [-0.25, -0.2) is 4.98 Å². The Morgan fingerprint density at radius 3 is 2.77 bits per heavy atom. The van der Waals surface area contributed by atoms with Gasteiger partial charge < -0.3 is 19.5 Å². The third kappa shape index (κ3) is 5.91. The van der Waals surface area contributed by atoms with Crippen LogP contribution in [0.1, 0.15) is 55.3 Å². The first kappa shape index (κ1) is 24.5. The summed E-state index contributed by atoms with van der Waals surface area (Å²) in [5.74, 6) is 0.439. The van der Waals surface area contributed by atoms with Crippen molar-refractivity contribution in [2.24, 2.45) is 5.92 Å². The van der Waals surface area contributed by atoms with Crippen LogP contribution in [0, 0.1) is 5.92 Å². The molecule has 184 valence electrons. The lowest BCUT2D eigenvalue weighted by molar-refractivity contribution is -0.143. The number of hydrogen-bond donors (Lipinski definition) is 1. The Morgan fingerprint density at radius 2 is 2.00 bits per heavy atom. The van der Waals surface area contributed by atoms with E-state index in [1.807, 2.05) is 52.1 Å². The van der Waals surface area contributed by atoms with Gasteiger partial charge in [-0.05, 0) is 30.0 Å². The first-order valence-electron chi connectivity index (χ1n) is 12.3. The fourth-order valence-corrected chi connectivity index (χ4v) is 4.86. The molecular formula is C28H34N4O3. The maximum absolute atomic E-state index is 13.5. The lowest BCUT2D eigenvalue weighted by atomic mass is 9.83. The van der Waals surface area contributed by atoms with Gasteiger partial charge in [0.05, 0.1) is 25.4 Å². The number of imidazole rings is 1. The zero-order valence-corrected chi connectivity index (χ0v) is 20.5. The molecule has 35 heavy (non-hydrogen) atoms. The van der Waals surface area contributed by atoms with Crippen LogP contribution in [-0.2, 0) is 22.7 Å².